The first-order valence-corrected chi connectivity index (χ1v) is 5.09. The van der Waals surface area contributed by atoms with Crippen molar-refractivity contribution >= 4 is 0 Å². The van der Waals surface area contributed by atoms with Crippen LogP contribution in [0.15, 0.2) is 12.7 Å². The molecule has 1 N–H and O–H groups in total. The monoisotopic (exact) mass is 182 g/mol. The Morgan fingerprint density at radius 3 is 3.23 bits per heavy atom. The fraction of sp³-hybridized carbons (Fsp3) is 0.800. The predicted octanol–water partition coefficient (Wildman–Crippen LogP) is 0.786. The van der Waals surface area contributed by atoms with Gasteiger partial charge in [0, 0.05) is 25.0 Å². The molecule has 2 heterocycles. The second-order valence-electron chi connectivity index (χ2n) is 3.93. The Kier molecular flexibility index (Phi) is 2.67. The number of nitrogens with zero attached hydrogens (tertiary/aromatic N) is 1. The molecule has 0 unspecified atom stereocenters. The molecule has 3 atom stereocenters. The van der Waals surface area contributed by atoms with Crippen molar-refractivity contribution in [1.82, 2.24) is 10.4 Å². The van der Waals surface area contributed by atoms with Gasteiger partial charge in [-0.2, -0.15) is 5.48 Å². The molecule has 0 aliphatic carbocycles. The minimum atomic E-state index is 0.546. The number of fused-ring (bicyclic) bond motifs is 1. The number of hydrogen-bond donors (Lipinski definition) is 1. The molecule has 0 saturated carbocycles. The van der Waals surface area contributed by atoms with Gasteiger partial charge in [0.05, 0.1) is 12.6 Å². The smallest absolute Gasteiger partial charge is 0.0739 e. The summed E-state index contributed by atoms with van der Waals surface area (Å²) in [6.07, 6.45) is 3.18. The third-order valence-corrected chi connectivity index (χ3v) is 3.16. The van der Waals surface area contributed by atoms with Crippen molar-refractivity contribution in [3.05, 3.63) is 12.7 Å². The van der Waals surface area contributed by atoms with Crippen LogP contribution in [0.25, 0.3) is 0 Å². The van der Waals surface area contributed by atoms with Crippen LogP contribution in [0.3, 0.4) is 0 Å². The first-order valence-electron chi connectivity index (χ1n) is 5.09. The van der Waals surface area contributed by atoms with Crippen LogP contribution in [0.4, 0.5) is 0 Å². The number of rotatable bonds is 3. The fourth-order valence-corrected chi connectivity index (χ4v) is 2.56. The van der Waals surface area contributed by atoms with Crippen molar-refractivity contribution in [2.45, 2.75) is 25.4 Å². The van der Waals surface area contributed by atoms with Gasteiger partial charge >= 0.3 is 0 Å². The Morgan fingerprint density at radius 2 is 2.54 bits per heavy atom. The highest BCUT2D eigenvalue weighted by atomic mass is 16.7. The SMILES string of the molecule is C=CCN1C[C@H]2CON[C@H]2[C@@H]1CC. The summed E-state index contributed by atoms with van der Waals surface area (Å²) in [7, 11) is 0. The van der Waals surface area contributed by atoms with Gasteiger partial charge in [-0.15, -0.1) is 6.58 Å². The Labute approximate surface area is 79.7 Å². The minimum Gasteiger partial charge on any atom is -0.301 e. The van der Waals surface area contributed by atoms with Gasteiger partial charge < -0.3 is 4.84 Å². The first-order chi connectivity index (χ1) is 6.36. The largest absolute Gasteiger partial charge is 0.301 e. The van der Waals surface area contributed by atoms with Crippen molar-refractivity contribution in [3.8, 4) is 0 Å². The van der Waals surface area contributed by atoms with Crippen molar-refractivity contribution in [2.24, 2.45) is 5.92 Å². The summed E-state index contributed by atoms with van der Waals surface area (Å²) in [5.74, 6) is 0.685. The Hall–Kier alpha value is -0.380. The second kappa shape index (κ2) is 3.78. The van der Waals surface area contributed by atoms with Crippen LogP contribution in [-0.4, -0.2) is 36.7 Å². The highest BCUT2D eigenvalue weighted by molar-refractivity contribution is 4.99. The van der Waals surface area contributed by atoms with Gasteiger partial charge in [0.2, 0.25) is 0 Å². The molecule has 0 radical (unpaired) electrons. The van der Waals surface area contributed by atoms with Gasteiger partial charge in [-0.05, 0) is 6.42 Å². The fourth-order valence-electron chi connectivity index (χ4n) is 2.56. The summed E-state index contributed by atoms with van der Waals surface area (Å²) in [5, 5.41) is 0. The predicted molar refractivity (Wildman–Crippen MR) is 52.2 cm³/mol. The zero-order chi connectivity index (χ0) is 9.26. The third-order valence-electron chi connectivity index (χ3n) is 3.16. The molecule has 0 aromatic rings. The van der Waals surface area contributed by atoms with E-state index in [0.29, 0.717) is 18.0 Å². The maximum absolute atomic E-state index is 5.27. The molecule has 2 aliphatic rings. The van der Waals surface area contributed by atoms with E-state index in [1.54, 1.807) is 0 Å². The molecular formula is C10H18N2O. The molecule has 0 bridgehead atoms. The molecule has 2 saturated heterocycles. The Balaban J connectivity index is 2.03. The summed E-state index contributed by atoms with van der Waals surface area (Å²) in [4.78, 5) is 7.77. The van der Waals surface area contributed by atoms with Gasteiger partial charge in [0.1, 0.15) is 0 Å². The standard InChI is InChI=1S/C10H18N2O/c1-3-5-12-6-8-7-13-11-10(8)9(12)4-2/h3,8-11H,1,4-7H2,2H3/t8-,9-,10+/m0/s1. The molecule has 2 aliphatic heterocycles. The maximum Gasteiger partial charge on any atom is 0.0739 e. The topological polar surface area (TPSA) is 24.5 Å². The van der Waals surface area contributed by atoms with E-state index in [1.807, 2.05) is 6.08 Å². The molecule has 0 aromatic heterocycles. The Morgan fingerprint density at radius 1 is 1.69 bits per heavy atom. The van der Waals surface area contributed by atoms with Crippen LogP contribution >= 0.6 is 0 Å². The molecule has 74 valence electrons. The van der Waals surface area contributed by atoms with E-state index in [9.17, 15) is 0 Å². The van der Waals surface area contributed by atoms with Crippen LogP contribution in [0, 0.1) is 5.92 Å². The quantitative estimate of drug-likeness (QED) is 0.653. The zero-order valence-electron chi connectivity index (χ0n) is 8.20. The molecule has 13 heavy (non-hydrogen) atoms. The van der Waals surface area contributed by atoms with Crippen LogP contribution < -0.4 is 5.48 Å². The van der Waals surface area contributed by atoms with Crippen molar-refractivity contribution in [3.63, 3.8) is 0 Å². The normalized spacial score (nSPS) is 39.3. The average Bonchev–Trinajstić information content (AvgIpc) is 2.64. The van der Waals surface area contributed by atoms with E-state index in [2.05, 4.69) is 23.9 Å². The summed E-state index contributed by atoms with van der Waals surface area (Å²) in [6, 6.07) is 1.18. The van der Waals surface area contributed by atoms with Crippen LogP contribution in [0.1, 0.15) is 13.3 Å². The number of hydroxylamine groups is 1. The second-order valence-corrected chi connectivity index (χ2v) is 3.93. The maximum atomic E-state index is 5.27. The molecule has 3 heteroatoms. The van der Waals surface area contributed by atoms with Crippen molar-refractivity contribution in [1.29, 1.82) is 0 Å². The van der Waals surface area contributed by atoms with Gasteiger partial charge in [-0.25, -0.2) is 0 Å². The molecular weight excluding hydrogens is 164 g/mol. The van der Waals surface area contributed by atoms with Crippen molar-refractivity contribution in [2.75, 3.05) is 19.7 Å². The van der Waals surface area contributed by atoms with E-state index in [0.717, 1.165) is 19.7 Å². The summed E-state index contributed by atoms with van der Waals surface area (Å²) >= 11 is 0. The van der Waals surface area contributed by atoms with Crippen molar-refractivity contribution < 1.29 is 4.84 Å². The summed E-state index contributed by atoms with van der Waals surface area (Å²) in [6.45, 7) is 9.06. The van der Waals surface area contributed by atoms with Gasteiger partial charge in [0.15, 0.2) is 0 Å². The summed E-state index contributed by atoms with van der Waals surface area (Å²) in [5.41, 5.74) is 3.13. The van der Waals surface area contributed by atoms with Gasteiger partial charge in [-0.1, -0.05) is 13.0 Å². The molecule has 3 nitrogen and oxygen atoms in total. The lowest BCUT2D eigenvalue weighted by Gasteiger charge is -2.25. The number of likely N-dealkylation sites (tertiary alicyclic amines) is 1. The lowest BCUT2D eigenvalue weighted by Crippen LogP contribution is -2.40. The summed E-state index contributed by atoms with van der Waals surface area (Å²) < 4.78 is 0. The van der Waals surface area contributed by atoms with E-state index in [4.69, 9.17) is 4.84 Å². The van der Waals surface area contributed by atoms with E-state index >= 15 is 0 Å². The van der Waals surface area contributed by atoms with E-state index in [-0.39, 0.29) is 0 Å². The Bertz CT molecular complexity index is 195. The number of nitrogens with one attached hydrogen (secondary N) is 1. The van der Waals surface area contributed by atoms with E-state index < -0.39 is 0 Å². The van der Waals surface area contributed by atoms with Gasteiger partial charge in [-0.3, -0.25) is 4.90 Å². The van der Waals surface area contributed by atoms with Crippen LogP contribution in [-0.2, 0) is 4.84 Å². The average molecular weight is 182 g/mol. The highest BCUT2D eigenvalue weighted by Crippen LogP contribution is 2.29. The van der Waals surface area contributed by atoms with Gasteiger partial charge in [0.25, 0.3) is 0 Å². The molecule has 2 rings (SSSR count). The minimum absolute atomic E-state index is 0.546. The number of hydrogen-bond acceptors (Lipinski definition) is 3. The van der Waals surface area contributed by atoms with Crippen LogP contribution in [0.2, 0.25) is 0 Å². The molecule has 2 fully saturated rings. The lowest BCUT2D eigenvalue weighted by molar-refractivity contribution is 0.0589. The highest BCUT2D eigenvalue weighted by Gasteiger charge is 2.43. The molecule has 0 spiro atoms. The molecule has 0 aromatic carbocycles. The van der Waals surface area contributed by atoms with Crippen LogP contribution in [0.5, 0.6) is 0 Å². The third kappa shape index (κ3) is 1.52. The lowest BCUT2D eigenvalue weighted by atomic mass is 10.00. The van der Waals surface area contributed by atoms with E-state index in [1.165, 1.54) is 6.42 Å². The molecule has 0 amide bonds. The zero-order valence-corrected chi connectivity index (χ0v) is 8.20. The first kappa shape index (κ1) is 9.19.